The Morgan fingerprint density at radius 3 is 2.92 bits per heavy atom. The van der Waals surface area contributed by atoms with Gasteiger partial charge in [0.15, 0.2) is 0 Å². The summed E-state index contributed by atoms with van der Waals surface area (Å²) >= 11 is 0. The maximum absolute atomic E-state index is 5.83. The lowest BCUT2D eigenvalue weighted by Gasteiger charge is -2.14. The van der Waals surface area contributed by atoms with E-state index in [-0.39, 0.29) is 0 Å². The first kappa shape index (κ1) is 8.60. The van der Waals surface area contributed by atoms with E-state index in [9.17, 15) is 0 Å². The zero-order valence-corrected chi connectivity index (χ0v) is 8.33. The molecule has 2 N–H and O–H groups in total. The Morgan fingerprint density at radius 1 is 1.69 bits per heavy atom. The molecule has 0 amide bonds. The van der Waals surface area contributed by atoms with Crippen LogP contribution < -0.4 is 5.73 Å². The Balaban J connectivity index is 2.27. The summed E-state index contributed by atoms with van der Waals surface area (Å²) in [6, 6.07) is 0.534. The van der Waals surface area contributed by atoms with E-state index in [1.807, 2.05) is 0 Å². The normalized spacial score (nSPS) is 18.9. The van der Waals surface area contributed by atoms with E-state index in [1.165, 1.54) is 18.5 Å². The molecule has 1 aliphatic carbocycles. The summed E-state index contributed by atoms with van der Waals surface area (Å²) in [5.41, 5.74) is 7.86. The molecular formula is C10H17N3. The van der Waals surface area contributed by atoms with Crippen LogP contribution in [0.4, 0.5) is 5.69 Å². The standard InChI is InChI=1S/C10H17N3/c1-3-10-9(11)6-12-13(10)7(2)8-4-5-8/h6-8H,3-5,11H2,1-2H3. The minimum atomic E-state index is 0.534. The van der Waals surface area contributed by atoms with E-state index in [1.54, 1.807) is 6.20 Å². The highest BCUT2D eigenvalue weighted by Crippen LogP contribution is 2.40. The fraction of sp³-hybridized carbons (Fsp3) is 0.700. The van der Waals surface area contributed by atoms with Crippen LogP contribution in [-0.2, 0) is 6.42 Å². The van der Waals surface area contributed by atoms with Gasteiger partial charge in [0, 0.05) is 0 Å². The highest BCUT2D eigenvalue weighted by atomic mass is 15.3. The van der Waals surface area contributed by atoms with Crippen LogP contribution in [0.2, 0.25) is 0 Å². The van der Waals surface area contributed by atoms with Gasteiger partial charge in [-0.15, -0.1) is 0 Å². The number of nitrogen functional groups attached to an aromatic ring is 1. The van der Waals surface area contributed by atoms with Gasteiger partial charge in [-0.25, -0.2) is 0 Å². The van der Waals surface area contributed by atoms with E-state index < -0.39 is 0 Å². The molecule has 1 aliphatic rings. The van der Waals surface area contributed by atoms with Crippen LogP contribution in [0.25, 0.3) is 0 Å². The minimum Gasteiger partial charge on any atom is -0.396 e. The smallest absolute Gasteiger partial charge is 0.0733 e. The molecule has 0 saturated heterocycles. The van der Waals surface area contributed by atoms with Gasteiger partial charge in [-0.05, 0) is 32.1 Å². The zero-order chi connectivity index (χ0) is 9.42. The molecule has 1 heterocycles. The first-order valence-electron chi connectivity index (χ1n) is 5.06. The molecule has 2 rings (SSSR count). The first-order chi connectivity index (χ1) is 6.24. The van der Waals surface area contributed by atoms with E-state index in [2.05, 4.69) is 23.6 Å². The van der Waals surface area contributed by atoms with Crippen molar-refractivity contribution >= 4 is 5.69 Å². The molecule has 1 fully saturated rings. The van der Waals surface area contributed by atoms with Gasteiger partial charge in [-0.1, -0.05) is 6.92 Å². The first-order valence-corrected chi connectivity index (χ1v) is 5.06. The second-order valence-electron chi connectivity index (χ2n) is 3.92. The highest BCUT2D eigenvalue weighted by molar-refractivity contribution is 5.41. The van der Waals surface area contributed by atoms with Crippen LogP contribution in [-0.4, -0.2) is 9.78 Å². The highest BCUT2D eigenvalue weighted by Gasteiger charge is 2.30. The van der Waals surface area contributed by atoms with Crippen molar-refractivity contribution < 1.29 is 0 Å². The number of anilines is 1. The van der Waals surface area contributed by atoms with Crippen molar-refractivity contribution in [3.05, 3.63) is 11.9 Å². The van der Waals surface area contributed by atoms with Crippen molar-refractivity contribution in [2.45, 2.75) is 39.2 Å². The molecule has 1 unspecified atom stereocenters. The van der Waals surface area contributed by atoms with Crippen LogP contribution >= 0.6 is 0 Å². The number of hydrogen-bond donors (Lipinski definition) is 1. The molecule has 3 heteroatoms. The van der Waals surface area contributed by atoms with Gasteiger partial charge in [0.2, 0.25) is 0 Å². The Bertz CT molecular complexity index is 299. The van der Waals surface area contributed by atoms with Crippen molar-refractivity contribution in [1.29, 1.82) is 0 Å². The maximum atomic E-state index is 5.83. The molecule has 3 nitrogen and oxygen atoms in total. The Kier molecular flexibility index (Phi) is 2.02. The van der Waals surface area contributed by atoms with Gasteiger partial charge in [-0.3, -0.25) is 4.68 Å². The van der Waals surface area contributed by atoms with Gasteiger partial charge in [0.25, 0.3) is 0 Å². The van der Waals surface area contributed by atoms with Gasteiger partial charge in [0.1, 0.15) is 0 Å². The van der Waals surface area contributed by atoms with Crippen LogP contribution in [0.3, 0.4) is 0 Å². The van der Waals surface area contributed by atoms with Crippen LogP contribution in [0.5, 0.6) is 0 Å². The maximum Gasteiger partial charge on any atom is 0.0733 e. The SMILES string of the molecule is CCc1c(N)cnn1C(C)C1CC1. The molecule has 0 aromatic carbocycles. The quantitative estimate of drug-likeness (QED) is 0.771. The molecule has 0 bridgehead atoms. The number of aromatic nitrogens is 2. The average molecular weight is 179 g/mol. The molecular weight excluding hydrogens is 162 g/mol. The van der Waals surface area contributed by atoms with E-state index in [4.69, 9.17) is 5.73 Å². The molecule has 0 spiro atoms. The second-order valence-corrected chi connectivity index (χ2v) is 3.92. The van der Waals surface area contributed by atoms with Crippen molar-refractivity contribution in [2.75, 3.05) is 5.73 Å². The Morgan fingerprint density at radius 2 is 2.38 bits per heavy atom. The molecule has 0 radical (unpaired) electrons. The van der Waals surface area contributed by atoms with Crippen LogP contribution in [0.1, 0.15) is 38.4 Å². The molecule has 1 aromatic rings. The predicted octanol–water partition coefficient (Wildman–Crippen LogP) is 2.00. The third kappa shape index (κ3) is 1.43. The Labute approximate surface area is 78.9 Å². The third-order valence-electron chi connectivity index (χ3n) is 2.96. The van der Waals surface area contributed by atoms with Gasteiger partial charge in [0.05, 0.1) is 23.6 Å². The Hall–Kier alpha value is -0.990. The largest absolute Gasteiger partial charge is 0.396 e. The number of nitrogens with two attached hydrogens (primary N) is 1. The third-order valence-corrected chi connectivity index (χ3v) is 2.96. The summed E-state index contributed by atoms with van der Waals surface area (Å²) in [6.07, 6.45) is 5.45. The summed E-state index contributed by atoms with van der Waals surface area (Å²) in [6.45, 7) is 4.37. The second kappa shape index (κ2) is 3.05. The predicted molar refractivity (Wildman–Crippen MR) is 53.5 cm³/mol. The van der Waals surface area contributed by atoms with Crippen LogP contribution in [0.15, 0.2) is 6.20 Å². The van der Waals surface area contributed by atoms with Crippen LogP contribution in [0, 0.1) is 5.92 Å². The van der Waals surface area contributed by atoms with Gasteiger partial charge >= 0.3 is 0 Å². The minimum absolute atomic E-state index is 0.534. The topological polar surface area (TPSA) is 43.8 Å². The number of nitrogens with zero attached hydrogens (tertiary/aromatic N) is 2. The summed E-state index contributed by atoms with van der Waals surface area (Å²) in [5.74, 6) is 0.838. The lowest BCUT2D eigenvalue weighted by atomic mass is 10.2. The molecule has 1 atom stereocenters. The monoisotopic (exact) mass is 179 g/mol. The number of rotatable bonds is 3. The van der Waals surface area contributed by atoms with Gasteiger partial charge < -0.3 is 5.73 Å². The summed E-state index contributed by atoms with van der Waals surface area (Å²) in [4.78, 5) is 0. The zero-order valence-electron chi connectivity index (χ0n) is 8.33. The molecule has 1 saturated carbocycles. The molecule has 13 heavy (non-hydrogen) atoms. The summed E-state index contributed by atoms with van der Waals surface area (Å²) in [5, 5.41) is 4.34. The van der Waals surface area contributed by atoms with Crippen molar-refractivity contribution in [3.63, 3.8) is 0 Å². The summed E-state index contributed by atoms with van der Waals surface area (Å²) in [7, 11) is 0. The van der Waals surface area contributed by atoms with E-state index in [0.717, 1.165) is 18.0 Å². The lowest BCUT2D eigenvalue weighted by molar-refractivity contribution is 0.427. The lowest BCUT2D eigenvalue weighted by Crippen LogP contribution is -2.12. The molecule has 1 aromatic heterocycles. The van der Waals surface area contributed by atoms with Crippen molar-refractivity contribution in [3.8, 4) is 0 Å². The fourth-order valence-corrected chi connectivity index (χ4v) is 1.90. The molecule has 0 aliphatic heterocycles. The average Bonchev–Trinajstić information content (AvgIpc) is 2.89. The van der Waals surface area contributed by atoms with Gasteiger partial charge in [-0.2, -0.15) is 5.10 Å². The van der Waals surface area contributed by atoms with E-state index in [0.29, 0.717) is 6.04 Å². The van der Waals surface area contributed by atoms with Crippen molar-refractivity contribution in [2.24, 2.45) is 5.92 Å². The van der Waals surface area contributed by atoms with E-state index >= 15 is 0 Å². The molecule has 72 valence electrons. The summed E-state index contributed by atoms with van der Waals surface area (Å²) < 4.78 is 2.10. The fourth-order valence-electron chi connectivity index (χ4n) is 1.90. The van der Waals surface area contributed by atoms with Crippen molar-refractivity contribution in [1.82, 2.24) is 9.78 Å². The number of hydrogen-bond acceptors (Lipinski definition) is 2.